The number of para-hydroxylation sites is 1. The Kier molecular flexibility index (Phi) is 4.68. The lowest BCUT2D eigenvalue weighted by Gasteiger charge is -2.24. The summed E-state index contributed by atoms with van der Waals surface area (Å²) >= 11 is 0. The molecule has 1 fully saturated rings. The van der Waals surface area contributed by atoms with Crippen molar-refractivity contribution in [2.45, 2.75) is 32.1 Å². The van der Waals surface area contributed by atoms with Crippen molar-refractivity contribution in [2.24, 2.45) is 11.8 Å². The zero-order chi connectivity index (χ0) is 19.0. The van der Waals surface area contributed by atoms with Crippen molar-refractivity contribution >= 4 is 17.3 Å². The molecule has 0 aromatic heterocycles. The highest BCUT2D eigenvalue weighted by molar-refractivity contribution is 5.73. The smallest absolute Gasteiger partial charge is 0.307 e. The summed E-state index contributed by atoms with van der Waals surface area (Å²) in [5, 5.41) is 13.0. The van der Waals surface area contributed by atoms with E-state index in [2.05, 4.69) is 72.6 Å². The number of aliphatic carboxylic acids is 1. The molecule has 4 rings (SSSR count). The summed E-state index contributed by atoms with van der Waals surface area (Å²) in [6.07, 6.45) is 1.54. The number of rotatable bonds is 5. The molecule has 2 N–H and O–H groups in total. The van der Waals surface area contributed by atoms with Gasteiger partial charge in [-0.25, -0.2) is 0 Å². The number of hydrogen-bond acceptors (Lipinski definition) is 3. The Morgan fingerprint density at radius 1 is 1.26 bits per heavy atom. The minimum Gasteiger partial charge on any atom is -0.481 e. The maximum absolute atomic E-state index is 11.8. The van der Waals surface area contributed by atoms with E-state index in [4.69, 9.17) is 0 Å². The molecule has 1 saturated heterocycles. The lowest BCUT2D eigenvalue weighted by molar-refractivity contribution is -0.143. The van der Waals surface area contributed by atoms with Gasteiger partial charge in [-0.05, 0) is 61.2 Å². The van der Waals surface area contributed by atoms with E-state index in [0.29, 0.717) is 6.42 Å². The molecular weight excluding hydrogens is 336 g/mol. The van der Waals surface area contributed by atoms with Crippen molar-refractivity contribution in [2.75, 3.05) is 24.5 Å². The van der Waals surface area contributed by atoms with Gasteiger partial charge in [-0.1, -0.05) is 44.2 Å². The number of nitrogens with zero attached hydrogens (tertiary/aromatic N) is 1. The molecule has 2 aromatic rings. The molecule has 0 bridgehead atoms. The highest BCUT2D eigenvalue weighted by Crippen LogP contribution is 2.44. The van der Waals surface area contributed by atoms with Crippen LogP contribution in [0.4, 0.5) is 11.4 Å². The van der Waals surface area contributed by atoms with E-state index < -0.39 is 5.97 Å². The Balaban J connectivity index is 1.61. The van der Waals surface area contributed by atoms with E-state index in [1.807, 2.05) is 0 Å². The second-order valence-corrected chi connectivity index (χ2v) is 8.56. The molecule has 0 saturated carbocycles. The molecule has 2 aliphatic heterocycles. The lowest BCUT2D eigenvalue weighted by Crippen LogP contribution is -2.27. The number of fused-ring (bicyclic) bond motifs is 1. The third-order valence-electron chi connectivity index (χ3n) is 6.14. The maximum Gasteiger partial charge on any atom is 0.307 e. The van der Waals surface area contributed by atoms with Crippen LogP contribution in [0, 0.1) is 11.8 Å². The monoisotopic (exact) mass is 364 g/mol. The minimum atomic E-state index is -0.679. The summed E-state index contributed by atoms with van der Waals surface area (Å²) in [6.45, 7) is 7.23. The van der Waals surface area contributed by atoms with Crippen LogP contribution in [0.1, 0.15) is 31.4 Å². The first-order chi connectivity index (χ1) is 13.0. The van der Waals surface area contributed by atoms with Crippen molar-refractivity contribution in [1.82, 2.24) is 5.32 Å². The fourth-order valence-corrected chi connectivity index (χ4v) is 4.66. The first-order valence-electron chi connectivity index (χ1n) is 9.85. The molecule has 0 aliphatic carbocycles. The van der Waals surface area contributed by atoms with Gasteiger partial charge in [0, 0.05) is 23.3 Å². The first kappa shape index (κ1) is 18.1. The summed E-state index contributed by atoms with van der Waals surface area (Å²) in [5.74, 6) is -0.781. The van der Waals surface area contributed by atoms with Crippen LogP contribution in [0.2, 0.25) is 0 Å². The zero-order valence-electron chi connectivity index (χ0n) is 16.1. The first-order valence-corrected chi connectivity index (χ1v) is 9.85. The molecule has 2 atom stereocenters. The standard InChI is InChI=1S/C23H28N2O2/c1-23(2)15-25(21-9-4-3-8-20(21)23)18-7-5-6-16(12-18)13-19(22(26)27)17-10-11-24-14-17/h3-9,12,17,19,24H,10-11,13-15H2,1-2H3,(H,26,27)/t17-,19-/m0/s1. The van der Waals surface area contributed by atoms with Crippen molar-refractivity contribution in [3.63, 3.8) is 0 Å². The lowest BCUT2D eigenvalue weighted by atomic mass is 9.86. The number of carboxylic acid groups (broad SMARTS) is 1. The second kappa shape index (κ2) is 7.01. The van der Waals surface area contributed by atoms with Crippen LogP contribution < -0.4 is 10.2 Å². The van der Waals surface area contributed by atoms with Crippen molar-refractivity contribution < 1.29 is 9.90 Å². The van der Waals surface area contributed by atoms with Crippen molar-refractivity contribution in [1.29, 1.82) is 0 Å². The molecule has 2 aromatic carbocycles. The highest BCUT2D eigenvalue weighted by atomic mass is 16.4. The van der Waals surface area contributed by atoms with Gasteiger partial charge < -0.3 is 15.3 Å². The van der Waals surface area contributed by atoms with Gasteiger partial charge in [-0.15, -0.1) is 0 Å². The van der Waals surface area contributed by atoms with E-state index in [9.17, 15) is 9.90 Å². The number of benzene rings is 2. The molecule has 142 valence electrons. The summed E-state index contributed by atoms with van der Waals surface area (Å²) in [6, 6.07) is 17.0. The molecular formula is C23H28N2O2. The number of carboxylic acids is 1. The van der Waals surface area contributed by atoms with Gasteiger partial charge in [0.2, 0.25) is 0 Å². The Hall–Kier alpha value is -2.33. The van der Waals surface area contributed by atoms with E-state index in [1.54, 1.807) is 0 Å². The molecule has 0 amide bonds. The van der Waals surface area contributed by atoms with Gasteiger partial charge in [-0.2, -0.15) is 0 Å². The van der Waals surface area contributed by atoms with Crippen LogP contribution in [-0.2, 0) is 16.6 Å². The average molecular weight is 364 g/mol. The SMILES string of the molecule is CC1(C)CN(c2cccc(C[C@H](C(=O)O)[C@H]3CCNC3)c2)c2ccccc21. The molecule has 0 unspecified atom stereocenters. The summed E-state index contributed by atoms with van der Waals surface area (Å²) < 4.78 is 0. The fraction of sp³-hybridized carbons (Fsp3) is 0.435. The molecule has 0 radical (unpaired) electrons. The van der Waals surface area contributed by atoms with Gasteiger partial charge >= 0.3 is 5.97 Å². The van der Waals surface area contributed by atoms with Crippen LogP contribution >= 0.6 is 0 Å². The van der Waals surface area contributed by atoms with Crippen LogP contribution in [0.5, 0.6) is 0 Å². The van der Waals surface area contributed by atoms with Crippen LogP contribution in [0.15, 0.2) is 48.5 Å². The summed E-state index contributed by atoms with van der Waals surface area (Å²) in [7, 11) is 0. The van der Waals surface area contributed by atoms with Gasteiger partial charge in [0.05, 0.1) is 5.92 Å². The topological polar surface area (TPSA) is 52.6 Å². The van der Waals surface area contributed by atoms with Gasteiger partial charge in [-0.3, -0.25) is 4.79 Å². The molecule has 4 heteroatoms. The number of nitrogens with one attached hydrogen (secondary N) is 1. The van der Waals surface area contributed by atoms with Crippen LogP contribution in [0.25, 0.3) is 0 Å². The Morgan fingerprint density at radius 2 is 2.07 bits per heavy atom. The Bertz CT molecular complexity index is 840. The normalized spacial score (nSPS) is 21.9. The predicted molar refractivity (Wildman–Crippen MR) is 109 cm³/mol. The van der Waals surface area contributed by atoms with Gasteiger partial charge in [0.15, 0.2) is 0 Å². The van der Waals surface area contributed by atoms with Crippen molar-refractivity contribution in [3.05, 3.63) is 59.7 Å². The predicted octanol–water partition coefficient (Wildman–Crippen LogP) is 3.97. The summed E-state index contributed by atoms with van der Waals surface area (Å²) in [4.78, 5) is 14.2. The molecule has 2 aliphatic rings. The van der Waals surface area contributed by atoms with E-state index in [-0.39, 0.29) is 17.3 Å². The van der Waals surface area contributed by atoms with Gasteiger partial charge in [0.1, 0.15) is 0 Å². The number of hydrogen-bond donors (Lipinski definition) is 2. The average Bonchev–Trinajstić information content (AvgIpc) is 3.27. The molecule has 27 heavy (non-hydrogen) atoms. The Morgan fingerprint density at radius 3 is 2.81 bits per heavy atom. The number of carbonyl (C=O) groups is 1. The third kappa shape index (κ3) is 3.46. The summed E-state index contributed by atoms with van der Waals surface area (Å²) in [5.41, 5.74) is 4.99. The van der Waals surface area contributed by atoms with Crippen molar-refractivity contribution in [3.8, 4) is 0 Å². The quantitative estimate of drug-likeness (QED) is 0.843. The zero-order valence-corrected chi connectivity index (χ0v) is 16.1. The molecule has 0 spiro atoms. The second-order valence-electron chi connectivity index (χ2n) is 8.56. The van der Waals surface area contributed by atoms with Crippen LogP contribution in [-0.4, -0.2) is 30.7 Å². The molecule has 2 heterocycles. The van der Waals surface area contributed by atoms with E-state index in [1.165, 1.54) is 11.3 Å². The maximum atomic E-state index is 11.8. The fourth-order valence-electron chi connectivity index (χ4n) is 4.66. The Labute approximate surface area is 161 Å². The molecule has 4 nitrogen and oxygen atoms in total. The van der Waals surface area contributed by atoms with Gasteiger partial charge in [0.25, 0.3) is 0 Å². The third-order valence-corrected chi connectivity index (χ3v) is 6.14. The largest absolute Gasteiger partial charge is 0.481 e. The van der Waals surface area contributed by atoms with E-state index >= 15 is 0 Å². The van der Waals surface area contributed by atoms with E-state index in [0.717, 1.165) is 37.3 Å². The van der Waals surface area contributed by atoms with Crippen LogP contribution in [0.3, 0.4) is 0 Å². The number of anilines is 2. The minimum absolute atomic E-state index is 0.103. The highest BCUT2D eigenvalue weighted by Gasteiger charge is 2.35.